The lowest BCUT2D eigenvalue weighted by Gasteiger charge is -2.19. The summed E-state index contributed by atoms with van der Waals surface area (Å²) in [5.74, 6) is 0.586. The number of hydrogen-bond donors (Lipinski definition) is 0. The van der Waals surface area contributed by atoms with Crippen molar-refractivity contribution in [3.8, 4) is 5.75 Å². The summed E-state index contributed by atoms with van der Waals surface area (Å²) in [6.45, 7) is 0. The van der Waals surface area contributed by atoms with E-state index in [0.717, 1.165) is 36.8 Å². The Hall–Kier alpha value is -1.35. The van der Waals surface area contributed by atoms with Gasteiger partial charge in [0.1, 0.15) is 17.7 Å². The third-order valence-corrected chi connectivity index (χ3v) is 3.62. The number of hydrogen-bond acceptors (Lipinski definition) is 2. The molecule has 94 valence electrons. The molecule has 0 saturated heterocycles. The van der Waals surface area contributed by atoms with Gasteiger partial charge < -0.3 is 4.74 Å². The van der Waals surface area contributed by atoms with Crippen molar-refractivity contribution < 1.29 is 9.13 Å². The Balaban J connectivity index is 1.81. The number of nitrogens with zero attached hydrogens (tertiary/aromatic N) is 1. The first kappa shape index (κ1) is 11.7. The summed E-state index contributed by atoms with van der Waals surface area (Å²) >= 11 is 5.87. The SMILES string of the molecule is FC1=CCCC2=C1CCC2Oc1cncc(Cl)c1. The van der Waals surface area contributed by atoms with E-state index >= 15 is 0 Å². The molecular formula is C14H13ClFNO. The molecule has 0 amide bonds. The zero-order valence-electron chi connectivity index (χ0n) is 9.83. The fourth-order valence-corrected chi connectivity index (χ4v) is 2.78. The first-order valence-electron chi connectivity index (χ1n) is 6.09. The van der Waals surface area contributed by atoms with Crippen LogP contribution in [0.3, 0.4) is 0 Å². The number of ether oxygens (including phenoxy) is 1. The topological polar surface area (TPSA) is 22.1 Å². The van der Waals surface area contributed by atoms with Crippen LogP contribution >= 0.6 is 11.6 Å². The minimum absolute atomic E-state index is 0.0280. The van der Waals surface area contributed by atoms with E-state index in [1.165, 1.54) is 0 Å². The van der Waals surface area contributed by atoms with Crippen molar-refractivity contribution in [3.63, 3.8) is 0 Å². The van der Waals surface area contributed by atoms with Gasteiger partial charge in [0.2, 0.25) is 0 Å². The highest BCUT2D eigenvalue weighted by molar-refractivity contribution is 6.30. The van der Waals surface area contributed by atoms with Gasteiger partial charge >= 0.3 is 0 Å². The van der Waals surface area contributed by atoms with Gasteiger partial charge in [-0.1, -0.05) is 11.6 Å². The summed E-state index contributed by atoms with van der Waals surface area (Å²) in [6.07, 6.45) is 8.09. The zero-order chi connectivity index (χ0) is 12.5. The Morgan fingerprint density at radius 2 is 2.22 bits per heavy atom. The van der Waals surface area contributed by atoms with Gasteiger partial charge in [0.05, 0.1) is 11.2 Å². The van der Waals surface area contributed by atoms with Crippen LogP contribution in [0.4, 0.5) is 4.39 Å². The van der Waals surface area contributed by atoms with Crippen LogP contribution in [0.25, 0.3) is 0 Å². The number of allylic oxidation sites excluding steroid dienone is 3. The summed E-state index contributed by atoms with van der Waals surface area (Å²) in [6, 6.07) is 1.74. The number of aromatic nitrogens is 1. The van der Waals surface area contributed by atoms with E-state index in [0.29, 0.717) is 10.8 Å². The molecule has 0 spiro atoms. The molecule has 0 aliphatic heterocycles. The Kier molecular flexibility index (Phi) is 3.08. The Morgan fingerprint density at radius 1 is 1.33 bits per heavy atom. The van der Waals surface area contributed by atoms with Crippen molar-refractivity contribution in [2.24, 2.45) is 0 Å². The van der Waals surface area contributed by atoms with Crippen LogP contribution in [0, 0.1) is 0 Å². The van der Waals surface area contributed by atoms with Crippen molar-refractivity contribution in [2.75, 3.05) is 0 Å². The molecule has 0 fully saturated rings. The van der Waals surface area contributed by atoms with Gasteiger partial charge in [-0.2, -0.15) is 0 Å². The van der Waals surface area contributed by atoms with Crippen molar-refractivity contribution in [1.29, 1.82) is 0 Å². The quantitative estimate of drug-likeness (QED) is 0.799. The zero-order valence-corrected chi connectivity index (χ0v) is 10.6. The van der Waals surface area contributed by atoms with Crippen LogP contribution in [-0.2, 0) is 0 Å². The molecule has 1 atom stereocenters. The standard InChI is InChI=1S/C14H13ClFNO/c15-9-6-10(8-17-7-9)18-14-5-4-11-12(14)2-1-3-13(11)16/h3,6-8,14H,1-2,4-5H2. The molecule has 2 aliphatic rings. The molecule has 1 aromatic rings. The van der Waals surface area contributed by atoms with E-state index in [1.807, 2.05) is 0 Å². The molecule has 4 heteroatoms. The molecule has 18 heavy (non-hydrogen) atoms. The third kappa shape index (κ3) is 2.15. The van der Waals surface area contributed by atoms with Gasteiger partial charge in [-0.05, 0) is 42.9 Å². The average Bonchev–Trinajstić information content (AvgIpc) is 2.74. The number of rotatable bonds is 2. The Bertz CT molecular complexity index is 538. The first-order valence-corrected chi connectivity index (χ1v) is 6.47. The highest BCUT2D eigenvalue weighted by Gasteiger charge is 2.30. The summed E-state index contributed by atoms with van der Waals surface area (Å²) in [5, 5.41) is 0.550. The summed E-state index contributed by atoms with van der Waals surface area (Å²) in [7, 11) is 0. The summed E-state index contributed by atoms with van der Waals surface area (Å²) in [5.41, 5.74) is 1.95. The minimum Gasteiger partial charge on any atom is -0.484 e. The van der Waals surface area contributed by atoms with Gasteiger partial charge in [0, 0.05) is 12.3 Å². The van der Waals surface area contributed by atoms with Crippen molar-refractivity contribution in [2.45, 2.75) is 31.8 Å². The van der Waals surface area contributed by atoms with Gasteiger partial charge in [-0.25, -0.2) is 4.39 Å². The molecule has 3 rings (SSSR count). The van der Waals surface area contributed by atoms with Crippen LogP contribution < -0.4 is 4.74 Å². The second-order valence-electron chi connectivity index (χ2n) is 4.58. The summed E-state index contributed by atoms with van der Waals surface area (Å²) < 4.78 is 19.5. The first-order chi connectivity index (χ1) is 8.74. The molecule has 0 bridgehead atoms. The van der Waals surface area contributed by atoms with Gasteiger partial charge in [-0.15, -0.1) is 0 Å². The Labute approximate surface area is 110 Å². The molecule has 1 heterocycles. The monoisotopic (exact) mass is 265 g/mol. The predicted octanol–water partition coefficient (Wildman–Crippen LogP) is 4.22. The molecular weight excluding hydrogens is 253 g/mol. The summed E-state index contributed by atoms with van der Waals surface area (Å²) in [4.78, 5) is 3.99. The van der Waals surface area contributed by atoms with Gasteiger partial charge in [0.15, 0.2) is 0 Å². The lowest BCUT2D eigenvalue weighted by molar-refractivity contribution is 0.233. The maximum atomic E-state index is 13.6. The highest BCUT2D eigenvalue weighted by atomic mass is 35.5. The van der Waals surface area contributed by atoms with E-state index in [1.54, 1.807) is 24.5 Å². The van der Waals surface area contributed by atoms with E-state index in [2.05, 4.69) is 4.98 Å². The van der Waals surface area contributed by atoms with E-state index in [4.69, 9.17) is 16.3 Å². The average molecular weight is 266 g/mol. The second-order valence-corrected chi connectivity index (χ2v) is 5.01. The van der Waals surface area contributed by atoms with Crippen LogP contribution in [0.5, 0.6) is 5.75 Å². The lowest BCUT2D eigenvalue weighted by atomic mass is 9.98. The predicted molar refractivity (Wildman–Crippen MR) is 68.3 cm³/mol. The molecule has 2 nitrogen and oxygen atoms in total. The molecule has 0 N–H and O–H groups in total. The van der Waals surface area contributed by atoms with Crippen molar-refractivity contribution >= 4 is 11.6 Å². The fraction of sp³-hybridized carbons (Fsp3) is 0.357. The van der Waals surface area contributed by atoms with Crippen molar-refractivity contribution in [3.05, 3.63) is 46.5 Å². The molecule has 0 radical (unpaired) electrons. The lowest BCUT2D eigenvalue weighted by Crippen LogP contribution is -2.16. The molecule has 0 saturated carbocycles. The van der Waals surface area contributed by atoms with Gasteiger partial charge in [-0.3, -0.25) is 4.98 Å². The highest BCUT2D eigenvalue weighted by Crippen LogP contribution is 2.40. The largest absolute Gasteiger partial charge is 0.484 e. The van der Waals surface area contributed by atoms with E-state index in [-0.39, 0.29) is 11.9 Å². The normalized spacial score (nSPS) is 22.8. The minimum atomic E-state index is -0.0634. The van der Waals surface area contributed by atoms with Crippen LogP contribution in [-0.4, -0.2) is 11.1 Å². The van der Waals surface area contributed by atoms with Crippen LogP contribution in [0.1, 0.15) is 25.7 Å². The van der Waals surface area contributed by atoms with Crippen molar-refractivity contribution in [1.82, 2.24) is 4.98 Å². The molecule has 1 unspecified atom stereocenters. The second kappa shape index (κ2) is 4.73. The van der Waals surface area contributed by atoms with Gasteiger partial charge in [0.25, 0.3) is 0 Å². The maximum absolute atomic E-state index is 13.6. The van der Waals surface area contributed by atoms with E-state index in [9.17, 15) is 4.39 Å². The fourth-order valence-electron chi connectivity index (χ4n) is 2.62. The smallest absolute Gasteiger partial charge is 0.139 e. The molecule has 1 aromatic heterocycles. The number of halogens is 2. The third-order valence-electron chi connectivity index (χ3n) is 3.42. The van der Waals surface area contributed by atoms with Crippen LogP contribution in [0.2, 0.25) is 5.02 Å². The molecule has 0 aromatic carbocycles. The van der Waals surface area contributed by atoms with E-state index < -0.39 is 0 Å². The Morgan fingerprint density at radius 3 is 3.06 bits per heavy atom. The maximum Gasteiger partial charge on any atom is 0.139 e. The molecule has 2 aliphatic carbocycles. The number of pyridine rings is 1. The van der Waals surface area contributed by atoms with Crippen LogP contribution in [0.15, 0.2) is 41.5 Å².